The number of amides is 3. The summed E-state index contributed by atoms with van der Waals surface area (Å²) in [6.07, 6.45) is 5.91. The Morgan fingerprint density at radius 1 is 1.30 bits per heavy atom. The number of urea groups is 1. The fourth-order valence-corrected chi connectivity index (χ4v) is 5.09. The van der Waals surface area contributed by atoms with Gasteiger partial charge in [-0.15, -0.1) is 12.4 Å². The first-order chi connectivity index (χ1) is 10.7. The highest BCUT2D eigenvalue weighted by Crippen LogP contribution is 2.33. The maximum absolute atomic E-state index is 11.9. The lowest BCUT2D eigenvalue weighted by molar-refractivity contribution is -0.122. The molecule has 6 nitrogen and oxygen atoms in total. The molecule has 0 aliphatic carbocycles. The molecule has 0 unspecified atom stereocenters. The zero-order chi connectivity index (χ0) is 15.4. The molecule has 4 atom stereocenters. The number of carbonyl (C=O) groups is 2. The summed E-state index contributed by atoms with van der Waals surface area (Å²) in [4.78, 5) is 23.2. The van der Waals surface area contributed by atoms with Gasteiger partial charge in [0.25, 0.3) is 0 Å². The summed E-state index contributed by atoms with van der Waals surface area (Å²) in [7, 11) is 0. The summed E-state index contributed by atoms with van der Waals surface area (Å²) in [5.74, 6) is 1.19. The third-order valence-electron chi connectivity index (χ3n) is 4.74. The van der Waals surface area contributed by atoms with Crippen LogP contribution in [-0.4, -0.2) is 54.2 Å². The third kappa shape index (κ3) is 5.16. The lowest BCUT2D eigenvalue weighted by Crippen LogP contribution is -2.45. The van der Waals surface area contributed by atoms with Crippen LogP contribution >= 0.6 is 24.2 Å². The second-order valence-corrected chi connectivity index (χ2v) is 7.75. The standard InChI is InChI=1S/C15H26N4O2S.ClH/c20-13(17-10-4-3-7-16-8-10)6-2-1-5-12-14-11(9-22-12)18-15(21)19-14;/h10-12,14,16H,1-9H2,(H,17,20)(H2,18,19,21);1H/t10-,11-,12-,14-;/m0./s1. The zero-order valence-electron chi connectivity index (χ0n) is 13.3. The molecule has 23 heavy (non-hydrogen) atoms. The van der Waals surface area contributed by atoms with E-state index < -0.39 is 0 Å². The minimum absolute atomic E-state index is 0. The average Bonchev–Trinajstić information content (AvgIpc) is 3.04. The van der Waals surface area contributed by atoms with Crippen LogP contribution in [-0.2, 0) is 4.79 Å². The Bertz CT molecular complexity index is 420. The molecule has 0 bridgehead atoms. The van der Waals surface area contributed by atoms with Gasteiger partial charge in [-0.25, -0.2) is 4.79 Å². The molecule has 3 rings (SSSR count). The highest BCUT2D eigenvalue weighted by molar-refractivity contribution is 8.00. The van der Waals surface area contributed by atoms with E-state index in [2.05, 4.69) is 21.3 Å². The van der Waals surface area contributed by atoms with Crippen molar-refractivity contribution in [2.45, 2.75) is 61.9 Å². The van der Waals surface area contributed by atoms with Crippen molar-refractivity contribution in [1.82, 2.24) is 21.3 Å². The van der Waals surface area contributed by atoms with Crippen LogP contribution in [0, 0.1) is 0 Å². The Kier molecular flexibility index (Phi) is 7.30. The Balaban J connectivity index is 0.00000192. The van der Waals surface area contributed by atoms with Crippen LogP contribution in [0.4, 0.5) is 4.79 Å². The van der Waals surface area contributed by atoms with Crippen LogP contribution in [0.2, 0.25) is 0 Å². The monoisotopic (exact) mass is 362 g/mol. The molecule has 3 aliphatic rings. The van der Waals surface area contributed by atoms with Crippen molar-refractivity contribution in [2.24, 2.45) is 0 Å². The van der Waals surface area contributed by atoms with Crippen molar-refractivity contribution in [3.8, 4) is 0 Å². The maximum atomic E-state index is 11.9. The van der Waals surface area contributed by atoms with Crippen LogP contribution < -0.4 is 21.3 Å². The minimum atomic E-state index is -0.0271. The summed E-state index contributed by atoms with van der Waals surface area (Å²) in [6, 6.07) is 0.859. The molecule has 3 heterocycles. The number of nitrogens with one attached hydrogen (secondary N) is 4. The minimum Gasteiger partial charge on any atom is -0.352 e. The van der Waals surface area contributed by atoms with E-state index >= 15 is 0 Å². The second kappa shape index (κ2) is 8.99. The van der Waals surface area contributed by atoms with Gasteiger partial charge in [-0.2, -0.15) is 11.8 Å². The van der Waals surface area contributed by atoms with Gasteiger partial charge in [0.05, 0.1) is 12.1 Å². The number of thioether (sulfide) groups is 1. The fraction of sp³-hybridized carbons (Fsp3) is 0.867. The van der Waals surface area contributed by atoms with Crippen LogP contribution in [0.5, 0.6) is 0 Å². The SMILES string of the molecule is Cl.O=C(CCCC[C@@H]1SC[C@@H]2NC(=O)N[C@@H]21)N[C@H]1CCCNC1. The maximum Gasteiger partial charge on any atom is 0.315 e. The molecule has 3 aliphatic heterocycles. The Labute approximate surface area is 148 Å². The molecule has 0 saturated carbocycles. The van der Waals surface area contributed by atoms with E-state index in [1.807, 2.05) is 11.8 Å². The van der Waals surface area contributed by atoms with Gasteiger partial charge < -0.3 is 21.3 Å². The van der Waals surface area contributed by atoms with Crippen molar-refractivity contribution < 1.29 is 9.59 Å². The number of halogens is 1. The lowest BCUT2D eigenvalue weighted by atomic mass is 10.0. The molecular formula is C15H27ClN4O2S. The Morgan fingerprint density at radius 2 is 2.17 bits per heavy atom. The van der Waals surface area contributed by atoms with E-state index in [-0.39, 0.29) is 30.4 Å². The highest BCUT2D eigenvalue weighted by Gasteiger charge is 2.42. The topological polar surface area (TPSA) is 82.3 Å². The van der Waals surface area contributed by atoms with Gasteiger partial charge in [0.1, 0.15) is 0 Å². The van der Waals surface area contributed by atoms with E-state index in [4.69, 9.17) is 0 Å². The van der Waals surface area contributed by atoms with Crippen LogP contribution in [0.25, 0.3) is 0 Å². The van der Waals surface area contributed by atoms with E-state index in [0.717, 1.165) is 50.9 Å². The molecule has 8 heteroatoms. The molecule has 3 fully saturated rings. The summed E-state index contributed by atoms with van der Waals surface area (Å²) in [6.45, 7) is 1.97. The van der Waals surface area contributed by atoms with Crippen molar-refractivity contribution in [1.29, 1.82) is 0 Å². The molecule has 0 spiro atoms. The van der Waals surface area contributed by atoms with Gasteiger partial charge in [0.15, 0.2) is 0 Å². The van der Waals surface area contributed by atoms with Gasteiger partial charge in [0, 0.05) is 30.0 Å². The van der Waals surface area contributed by atoms with E-state index in [0.29, 0.717) is 23.8 Å². The predicted octanol–water partition coefficient (Wildman–Crippen LogP) is 1.00. The lowest BCUT2D eigenvalue weighted by Gasteiger charge is -2.23. The molecule has 132 valence electrons. The number of hydrogen-bond donors (Lipinski definition) is 4. The van der Waals surface area contributed by atoms with Crippen LogP contribution in [0.1, 0.15) is 38.5 Å². The van der Waals surface area contributed by atoms with Gasteiger partial charge in [0.2, 0.25) is 5.91 Å². The molecule has 4 N–H and O–H groups in total. The molecular weight excluding hydrogens is 336 g/mol. The van der Waals surface area contributed by atoms with Gasteiger partial charge >= 0.3 is 6.03 Å². The number of piperidine rings is 1. The van der Waals surface area contributed by atoms with Crippen molar-refractivity contribution in [3.05, 3.63) is 0 Å². The fourth-order valence-electron chi connectivity index (χ4n) is 3.55. The van der Waals surface area contributed by atoms with Gasteiger partial charge in [-0.05, 0) is 32.2 Å². The van der Waals surface area contributed by atoms with Crippen LogP contribution in [0.15, 0.2) is 0 Å². The van der Waals surface area contributed by atoms with Gasteiger partial charge in [-0.1, -0.05) is 6.42 Å². The smallest absolute Gasteiger partial charge is 0.315 e. The number of rotatable bonds is 6. The Hall–Kier alpha value is -0.660. The number of fused-ring (bicyclic) bond motifs is 1. The molecule has 0 aromatic carbocycles. The summed E-state index contributed by atoms with van der Waals surface area (Å²) >= 11 is 1.94. The largest absolute Gasteiger partial charge is 0.352 e. The Morgan fingerprint density at radius 3 is 2.96 bits per heavy atom. The van der Waals surface area contributed by atoms with E-state index in [9.17, 15) is 9.59 Å². The summed E-state index contributed by atoms with van der Waals surface area (Å²) in [5, 5.41) is 12.9. The van der Waals surface area contributed by atoms with Crippen molar-refractivity contribution >= 4 is 36.1 Å². The zero-order valence-corrected chi connectivity index (χ0v) is 14.9. The number of unbranched alkanes of at least 4 members (excludes halogenated alkanes) is 1. The first kappa shape index (κ1) is 18.7. The average molecular weight is 363 g/mol. The van der Waals surface area contributed by atoms with Gasteiger partial charge in [-0.3, -0.25) is 4.79 Å². The quantitative estimate of drug-likeness (QED) is 0.420. The number of carbonyl (C=O) groups excluding carboxylic acids is 2. The summed E-state index contributed by atoms with van der Waals surface area (Å²) in [5.41, 5.74) is 0. The highest BCUT2D eigenvalue weighted by atomic mass is 35.5. The second-order valence-electron chi connectivity index (χ2n) is 6.48. The molecule has 0 radical (unpaired) electrons. The molecule has 3 amide bonds. The normalized spacial score (nSPS) is 32.4. The number of hydrogen-bond acceptors (Lipinski definition) is 4. The molecule has 0 aromatic rings. The first-order valence-electron chi connectivity index (χ1n) is 8.41. The third-order valence-corrected chi connectivity index (χ3v) is 6.25. The predicted molar refractivity (Wildman–Crippen MR) is 95.2 cm³/mol. The van der Waals surface area contributed by atoms with Crippen molar-refractivity contribution in [2.75, 3.05) is 18.8 Å². The van der Waals surface area contributed by atoms with Crippen molar-refractivity contribution in [3.63, 3.8) is 0 Å². The summed E-state index contributed by atoms with van der Waals surface area (Å²) < 4.78 is 0. The molecule has 0 aromatic heterocycles. The van der Waals surface area contributed by atoms with E-state index in [1.54, 1.807) is 0 Å². The molecule has 3 saturated heterocycles. The first-order valence-corrected chi connectivity index (χ1v) is 9.46. The van der Waals surface area contributed by atoms with Crippen LogP contribution in [0.3, 0.4) is 0 Å². The van der Waals surface area contributed by atoms with E-state index in [1.165, 1.54) is 0 Å².